The number of piperazine rings is 1. The summed E-state index contributed by atoms with van der Waals surface area (Å²) >= 11 is 0. The van der Waals surface area contributed by atoms with Gasteiger partial charge in [0.25, 0.3) is 0 Å². The van der Waals surface area contributed by atoms with Crippen LogP contribution in [0, 0.1) is 0 Å². The number of pyridine rings is 2. The molecule has 9 nitrogen and oxygen atoms in total. The second-order valence-corrected chi connectivity index (χ2v) is 8.81. The summed E-state index contributed by atoms with van der Waals surface area (Å²) < 4.78 is 6.87. The number of amides is 1. The summed E-state index contributed by atoms with van der Waals surface area (Å²) in [4.78, 5) is 25.0. The van der Waals surface area contributed by atoms with Gasteiger partial charge in [-0.25, -0.2) is 14.3 Å². The molecule has 1 saturated heterocycles. The lowest BCUT2D eigenvalue weighted by atomic mass is 9.95. The van der Waals surface area contributed by atoms with E-state index in [4.69, 9.17) is 4.74 Å². The van der Waals surface area contributed by atoms with E-state index in [2.05, 4.69) is 20.9 Å². The van der Waals surface area contributed by atoms with Gasteiger partial charge >= 0.3 is 6.09 Å². The third-order valence-corrected chi connectivity index (χ3v) is 6.67. The lowest BCUT2D eigenvalue weighted by Crippen LogP contribution is -2.50. The first-order valence-electron chi connectivity index (χ1n) is 11.8. The highest BCUT2D eigenvalue weighted by molar-refractivity contribution is 5.70. The van der Waals surface area contributed by atoms with Crippen molar-refractivity contribution >= 4 is 6.09 Å². The summed E-state index contributed by atoms with van der Waals surface area (Å²) in [7, 11) is 0. The van der Waals surface area contributed by atoms with Gasteiger partial charge in [0.15, 0.2) is 0 Å². The van der Waals surface area contributed by atoms with Crippen LogP contribution in [0.15, 0.2) is 42.9 Å². The monoisotopic (exact) mass is 463 g/mol. The molecule has 4 heterocycles. The molecule has 3 aromatic rings. The number of carbonyl (C=O) groups excluding carboxylic acids is 1. The lowest BCUT2D eigenvalue weighted by molar-refractivity contribution is 0.110. The third kappa shape index (κ3) is 4.56. The molecule has 2 N–H and O–H groups in total. The molecule has 3 aromatic heterocycles. The van der Waals surface area contributed by atoms with Gasteiger partial charge in [-0.15, -0.1) is 0 Å². The Kier molecular flexibility index (Phi) is 6.35. The maximum Gasteiger partial charge on any atom is 0.416 e. The number of aromatic nitrogens is 3. The highest BCUT2D eigenvalue weighted by Crippen LogP contribution is 2.40. The van der Waals surface area contributed by atoms with Crippen molar-refractivity contribution in [1.82, 2.24) is 24.3 Å². The highest BCUT2D eigenvalue weighted by atomic mass is 16.6. The Balaban J connectivity index is 1.15. The van der Waals surface area contributed by atoms with Crippen molar-refractivity contribution in [3.63, 3.8) is 0 Å². The van der Waals surface area contributed by atoms with Crippen LogP contribution in [-0.4, -0.2) is 73.4 Å². The van der Waals surface area contributed by atoms with E-state index in [0.29, 0.717) is 18.8 Å². The molecule has 0 aromatic carbocycles. The van der Waals surface area contributed by atoms with Gasteiger partial charge in [0.1, 0.15) is 0 Å². The van der Waals surface area contributed by atoms with Crippen LogP contribution in [-0.2, 0) is 19.3 Å². The van der Waals surface area contributed by atoms with Crippen molar-refractivity contribution in [2.45, 2.75) is 32.1 Å². The number of nitrogens with zero attached hydrogens (tertiary/aromatic N) is 5. The molecule has 0 bridgehead atoms. The van der Waals surface area contributed by atoms with Crippen LogP contribution in [0.25, 0.3) is 5.69 Å². The predicted molar refractivity (Wildman–Crippen MR) is 126 cm³/mol. The molecule has 1 amide bonds. The van der Waals surface area contributed by atoms with Crippen molar-refractivity contribution in [3.8, 4) is 23.3 Å². The molecule has 34 heavy (non-hydrogen) atoms. The van der Waals surface area contributed by atoms with E-state index >= 15 is 0 Å². The zero-order valence-electron chi connectivity index (χ0n) is 19.1. The molecule has 0 radical (unpaired) electrons. The molecule has 2 aliphatic rings. The molecular formula is C25H29N5O4. The van der Waals surface area contributed by atoms with Crippen LogP contribution in [0.1, 0.15) is 29.5 Å². The molecule has 0 atom stereocenters. The predicted octanol–water partition coefficient (Wildman–Crippen LogP) is 2.92. The first-order chi connectivity index (χ1) is 16.6. The van der Waals surface area contributed by atoms with Gasteiger partial charge < -0.3 is 19.8 Å². The first-order valence-corrected chi connectivity index (χ1v) is 11.8. The van der Waals surface area contributed by atoms with E-state index in [0.717, 1.165) is 62.9 Å². The summed E-state index contributed by atoms with van der Waals surface area (Å²) in [5.41, 5.74) is 3.34. The fraction of sp³-hybridized carbons (Fsp3) is 0.400. The van der Waals surface area contributed by atoms with Gasteiger partial charge in [0.2, 0.25) is 17.6 Å². The van der Waals surface area contributed by atoms with Crippen molar-refractivity contribution < 1.29 is 19.7 Å². The van der Waals surface area contributed by atoms with Gasteiger partial charge in [-0.2, -0.15) is 0 Å². The molecule has 9 heteroatoms. The number of fused-ring (bicyclic) bond motifs is 1. The Morgan fingerprint density at radius 3 is 2.32 bits per heavy atom. The van der Waals surface area contributed by atoms with Crippen LogP contribution in [0.3, 0.4) is 0 Å². The number of hydrogen-bond acceptors (Lipinski definition) is 7. The quantitative estimate of drug-likeness (QED) is 0.600. The summed E-state index contributed by atoms with van der Waals surface area (Å²) in [6, 6.07) is 7.28. The smallest absolute Gasteiger partial charge is 0.416 e. The standard InChI is InChI=1S/C25H29N5O4/c31-23-20-5-1-2-6-21(20)24(32)30(23)19-7-8-22(27-17-19)34-25(33)29-14-12-28(13-15-29)11-9-18-4-3-10-26-16-18/h3-4,7-8,10,16-17,31-32H,1-2,5-6,9,11-15H2. The zero-order chi connectivity index (χ0) is 23.5. The van der Waals surface area contributed by atoms with E-state index in [1.807, 2.05) is 12.3 Å². The van der Waals surface area contributed by atoms with Crippen LogP contribution >= 0.6 is 0 Å². The van der Waals surface area contributed by atoms with Crippen LogP contribution in [0.2, 0.25) is 0 Å². The zero-order valence-corrected chi connectivity index (χ0v) is 19.1. The van der Waals surface area contributed by atoms with E-state index in [1.54, 1.807) is 23.2 Å². The topological polar surface area (TPSA) is 104 Å². The van der Waals surface area contributed by atoms with E-state index in [9.17, 15) is 15.0 Å². The van der Waals surface area contributed by atoms with Crippen molar-refractivity contribution in [2.75, 3.05) is 32.7 Å². The minimum absolute atomic E-state index is 0.0557. The normalized spacial score (nSPS) is 16.3. The van der Waals surface area contributed by atoms with Crippen LogP contribution < -0.4 is 4.74 Å². The van der Waals surface area contributed by atoms with E-state index in [1.165, 1.54) is 16.3 Å². The van der Waals surface area contributed by atoms with Gasteiger partial charge in [0.05, 0.1) is 11.9 Å². The molecule has 178 valence electrons. The summed E-state index contributed by atoms with van der Waals surface area (Å²) in [5.74, 6) is 0.295. The second kappa shape index (κ2) is 9.72. The Labute approximate surface area is 198 Å². The minimum atomic E-state index is -0.422. The molecule has 0 saturated carbocycles. The third-order valence-electron chi connectivity index (χ3n) is 6.67. The van der Waals surface area contributed by atoms with Gasteiger partial charge in [-0.1, -0.05) is 6.07 Å². The summed E-state index contributed by atoms with van der Waals surface area (Å²) in [6.45, 7) is 3.71. The molecule has 1 aliphatic heterocycles. The van der Waals surface area contributed by atoms with E-state index in [-0.39, 0.29) is 17.6 Å². The first kappa shape index (κ1) is 22.2. The van der Waals surface area contributed by atoms with Crippen molar-refractivity contribution in [2.24, 2.45) is 0 Å². The lowest BCUT2D eigenvalue weighted by Gasteiger charge is -2.33. The number of carbonyl (C=O) groups is 1. The van der Waals surface area contributed by atoms with Crippen molar-refractivity contribution in [1.29, 1.82) is 0 Å². The highest BCUT2D eigenvalue weighted by Gasteiger charge is 2.26. The molecule has 0 spiro atoms. The second-order valence-electron chi connectivity index (χ2n) is 8.81. The number of hydrogen-bond donors (Lipinski definition) is 2. The largest absolute Gasteiger partial charge is 0.494 e. The number of aromatic hydroxyl groups is 2. The fourth-order valence-electron chi connectivity index (χ4n) is 4.72. The van der Waals surface area contributed by atoms with Gasteiger partial charge in [-0.05, 0) is 49.8 Å². The summed E-state index contributed by atoms with van der Waals surface area (Å²) in [5, 5.41) is 21.2. The fourth-order valence-corrected chi connectivity index (χ4v) is 4.72. The molecule has 0 unspecified atom stereocenters. The number of ether oxygens (including phenoxy) is 1. The van der Waals surface area contributed by atoms with Gasteiger partial charge in [-0.3, -0.25) is 9.88 Å². The molecular weight excluding hydrogens is 434 g/mol. The minimum Gasteiger partial charge on any atom is -0.494 e. The Hall–Kier alpha value is -3.59. The van der Waals surface area contributed by atoms with E-state index < -0.39 is 6.09 Å². The summed E-state index contributed by atoms with van der Waals surface area (Å²) in [6.07, 6.45) is 9.16. The Bertz CT molecular complexity index is 1110. The van der Waals surface area contributed by atoms with Crippen LogP contribution in [0.4, 0.5) is 4.79 Å². The number of rotatable bonds is 5. The SMILES string of the molecule is O=C(Oc1ccc(-n2c(O)c3c(c2O)CCCC3)cn1)N1CCN(CCc2cccnc2)CC1. The van der Waals surface area contributed by atoms with Gasteiger partial charge in [0, 0.05) is 62.3 Å². The van der Waals surface area contributed by atoms with Crippen LogP contribution in [0.5, 0.6) is 17.6 Å². The Morgan fingerprint density at radius 1 is 0.971 bits per heavy atom. The van der Waals surface area contributed by atoms with Crippen molar-refractivity contribution in [3.05, 3.63) is 59.5 Å². The molecule has 5 rings (SSSR count). The molecule has 1 aliphatic carbocycles. The average Bonchev–Trinajstić information content (AvgIpc) is 3.14. The maximum absolute atomic E-state index is 12.6. The average molecular weight is 464 g/mol. The maximum atomic E-state index is 12.6. The molecule has 1 fully saturated rings. The Morgan fingerprint density at radius 2 is 1.71 bits per heavy atom.